The highest BCUT2D eigenvalue weighted by Crippen LogP contribution is 2.24. The summed E-state index contributed by atoms with van der Waals surface area (Å²) in [5.74, 6) is -22.5. The second-order valence-electron chi connectivity index (χ2n) is 22.3. The number of hydrogen-bond acceptors (Lipinski definition) is 23. The number of nitrogens with two attached hydrogens (primary N) is 4. The van der Waals surface area contributed by atoms with Crippen LogP contribution in [0.15, 0.2) is 54.6 Å². The van der Waals surface area contributed by atoms with E-state index in [1.54, 1.807) is 30.3 Å². The maximum absolute atomic E-state index is 14.1. The number of aliphatic carboxylic acids is 2. The first kappa shape index (κ1) is 79.2. The summed E-state index contributed by atoms with van der Waals surface area (Å²) in [4.78, 5) is 228. The molecule has 15 amide bonds. The average molecular weight is 1400 g/mol. The molecule has 38 nitrogen and oxygen atoms in total. The quantitative estimate of drug-likeness (QED) is 0.0736. The number of hydrogen-bond donors (Lipinski definition) is 20. The lowest BCUT2D eigenvalue weighted by molar-refractivity contribution is -0.143. The number of aliphatic hydroxyl groups excluding tert-OH is 2. The number of primary amides is 3. The number of carboxylic acid groups (broad SMARTS) is 2. The molecule has 2 heterocycles. The Balaban J connectivity index is 1.73. The van der Waals surface area contributed by atoms with Crippen LogP contribution in [-0.4, -0.2) is 241 Å². The zero-order valence-corrected chi connectivity index (χ0v) is 53.8. The van der Waals surface area contributed by atoms with Gasteiger partial charge in [-0.05, 0) is 49.9 Å². The van der Waals surface area contributed by atoms with Crippen molar-refractivity contribution < 1.29 is 107 Å². The van der Waals surface area contributed by atoms with Gasteiger partial charge in [0.25, 0.3) is 0 Å². The van der Waals surface area contributed by atoms with Crippen molar-refractivity contribution in [2.24, 2.45) is 22.9 Å². The van der Waals surface area contributed by atoms with Crippen LogP contribution in [0, 0.1) is 0 Å². The molecule has 0 radical (unpaired) electrons. The molecule has 0 aliphatic carbocycles. The number of carboxylic acids is 2. The molecule has 4 rings (SSSR count). The van der Waals surface area contributed by atoms with Gasteiger partial charge in [-0.3, -0.25) is 76.7 Å². The Morgan fingerprint density at radius 3 is 1.54 bits per heavy atom. The van der Waals surface area contributed by atoms with Crippen LogP contribution in [0.2, 0.25) is 0 Å². The summed E-state index contributed by atoms with van der Waals surface area (Å²) < 4.78 is 0. The Morgan fingerprint density at radius 2 is 1.00 bits per heavy atom. The van der Waals surface area contributed by atoms with Crippen molar-refractivity contribution in [2.75, 3.05) is 31.2 Å². The number of aliphatic hydroxyl groups is 2. The van der Waals surface area contributed by atoms with Crippen LogP contribution in [0.5, 0.6) is 5.75 Å². The summed E-state index contributed by atoms with van der Waals surface area (Å²) >= 11 is 0. The third-order valence-corrected chi connectivity index (χ3v) is 16.9. The van der Waals surface area contributed by atoms with Gasteiger partial charge in [0.2, 0.25) is 88.6 Å². The van der Waals surface area contributed by atoms with Gasteiger partial charge < -0.3 is 112 Å². The van der Waals surface area contributed by atoms with Crippen LogP contribution in [0.25, 0.3) is 0 Å². The SMILES string of the molecule is C[C@@H]1NC(=O)[C@H](Cc2ccccc2)NC(=O)CNC(=O)[C@H](CO)NC(=O)[C@H](Cc2ccc(O)cc2)NC(=O)[C@H](CC(N)=O)NC(=O)[C@@H]([C@@H](C)O)NC(=O)[C@H](CC(=O)O)NC(=O)[C@H](CC(N)=O)NC(=O)[C@@H](N)CSSC[C@@H](C(=O)O)NC(=O)[C@H](CC(N)=O)NC(=O)[C@@H]2CCCN2C1=O. The number of benzene rings is 2. The largest absolute Gasteiger partial charge is 0.508 e. The van der Waals surface area contributed by atoms with Crippen molar-refractivity contribution >= 4 is 122 Å². The second kappa shape index (κ2) is 38.4. The molecule has 0 unspecified atom stereocenters. The number of carbonyl (C=O) groups excluding carboxylic acids is 15. The van der Waals surface area contributed by atoms with E-state index < -0.39 is 230 Å². The van der Waals surface area contributed by atoms with E-state index in [4.69, 9.17) is 22.9 Å². The third kappa shape index (κ3) is 26.2. The molecule has 2 aromatic carbocycles. The van der Waals surface area contributed by atoms with E-state index in [1.807, 2.05) is 10.6 Å². The first-order valence-corrected chi connectivity index (χ1v) is 32.2. The average Bonchev–Trinajstić information content (AvgIpc) is 1.78. The third-order valence-electron chi connectivity index (χ3n) is 14.5. The van der Waals surface area contributed by atoms with Gasteiger partial charge in [-0.25, -0.2) is 4.79 Å². The Morgan fingerprint density at radius 1 is 0.546 bits per heavy atom. The van der Waals surface area contributed by atoms with E-state index in [-0.39, 0.29) is 42.9 Å². The summed E-state index contributed by atoms with van der Waals surface area (Å²) in [6.07, 6.45) is -6.64. The van der Waals surface area contributed by atoms with Crippen molar-refractivity contribution in [1.29, 1.82) is 0 Å². The van der Waals surface area contributed by atoms with Gasteiger partial charge in [-0.15, -0.1) is 0 Å². The molecule has 530 valence electrons. The van der Waals surface area contributed by atoms with E-state index in [0.717, 1.165) is 33.4 Å². The van der Waals surface area contributed by atoms with Gasteiger partial charge in [0.15, 0.2) is 0 Å². The molecule has 0 aromatic heterocycles. The van der Waals surface area contributed by atoms with E-state index >= 15 is 0 Å². The van der Waals surface area contributed by atoms with E-state index in [9.17, 15) is 107 Å². The lowest BCUT2D eigenvalue weighted by atomic mass is 10.0. The molecule has 2 aliphatic rings. The zero-order chi connectivity index (χ0) is 72.4. The lowest BCUT2D eigenvalue weighted by Crippen LogP contribution is -2.62. The fraction of sp³-hybridized carbons (Fsp3) is 0.491. The van der Waals surface area contributed by atoms with Crippen LogP contribution in [0.3, 0.4) is 0 Å². The van der Waals surface area contributed by atoms with Gasteiger partial charge in [0.1, 0.15) is 72.2 Å². The predicted molar refractivity (Wildman–Crippen MR) is 338 cm³/mol. The summed E-state index contributed by atoms with van der Waals surface area (Å²) in [6.45, 7) is 0.0538. The molecule has 40 heteroatoms. The Labute approximate surface area is 559 Å². The van der Waals surface area contributed by atoms with Crippen molar-refractivity contribution in [1.82, 2.24) is 63.4 Å². The van der Waals surface area contributed by atoms with Gasteiger partial charge in [-0.2, -0.15) is 0 Å². The minimum Gasteiger partial charge on any atom is -0.508 e. The molecule has 2 aliphatic heterocycles. The molecule has 13 atom stereocenters. The fourth-order valence-corrected chi connectivity index (χ4v) is 11.7. The maximum atomic E-state index is 14.1. The highest BCUT2D eigenvalue weighted by molar-refractivity contribution is 8.76. The lowest BCUT2D eigenvalue weighted by Gasteiger charge is -2.29. The number of fused-ring (bicyclic) bond motifs is 1. The van der Waals surface area contributed by atoms with Crippen molar-refractivity contribution in [3.8, 4) is 5.75 Å². The molecule has 2 saturated heterocycles. The predicted octanol–water partition coefficient (Wildman–Crippen LogP) is -9.57. The molecule has 0 bridgehead atoms. The Hall–Kier alpha value is -10.2. The minimum atomic E-state index is -2.21. The first-order chi connectivity index (χ1) is 45.7. The molecule has 97 heavy (non-hydrogen) atoms. The van der Waals surface area contributed by atoms with Gasteiger partial charge in [0, 0.05) is 30.9 Å². The van der Waals surface area contributed by atoms with E-state index in [0.29, 0.717) is 5.56 Å². The normalized spacial score (nSPS) is 26.3. The van der Waals surface area contributed by atoms with Crippen LogP contribution in [-0.2, 0) is 94.3 Å². The summed E-state index contributed by atoms with van der Waals surface area (Å²) in [7, 11) is 1.49. The number of phenolic OH excluding ortho intramolecular Hbond substituents is 1. The number of phenols is 1. The monoisotopic (exact) mass is 1400 g/mol. The van der Waals surface area contributed by atoms with Crippen molar-refractivity contribution in [3.05, 3.63) is 65.7 Å². The Kier molecular flexibility index (Phi) is 31.4. The molecule has 0 spiro atoms. The van der Waals surface area contributed by atoms with Crippen LogP contribution >= 0.6 is 21.6 Å². The van der Waals surface area contributed by atoms with Crippen LogP contribution in [0.4, 0.5) is 0 Å². The summed E-state index contributed by atoms with van der Waals surface area (Å²) in [5, 5.41) is 75.3. The van der Waals surface area contributed by atoms with E-state index in [1.165, 1.54) is 31.2 Å². The zero-order valence-electron chi connectivity index (χ0n) is 52.1. The van der Waals surface area contributed by atoms with E-state index in [2.05, 4.69) is 47.9 Å². The highest BCUT2D eigenvalue weighted by atomic mass is 33.1. The summed E-state index contributed by atoms with van der Waals surface area (Å²) in [5.41, 5.74) is 22.9. The van der Waals surface area contributed by atoms with Gasteiger partial charge >= 0.3 is 11.9 Å². The Bertz CT molecular complexity index is 3260. The van der Waals surface area contributed by atoms with Gasteiger partial charge in [0.05, 0.1) is 51.0 Å². The van der Waals surface area contributed by atoms with Crippen LogP contribution < -0.4 is 81.4 Å². The summed E-state index contributed by atoms with van der Waals surface area (Å²) in [6, 6.07) is -8.45. The molecule has 2 aromatic rings. The smallest absolute Gasteiger partial charge is 0.327 e. The maximum Gasteiger partial charge on any atom is 0.327 e. The number of aromatic hydroxyl groups is 1. The second-order valence-corrected chi connectivity index (χ2v) is 24.8. The number of nitrogens with zero attached hydrogens (tertiary/aromatic N) is 1. The molecular formula is C57H78N16O22S2. The highest BCUT2D eigenvalue weighted by Gasteiger charge is 2.41. The fourth-order valence-electron chi connectivity index (χ4n) is 9.45. The minimum absolute atomic E-state index is 0.00170. The molecule has 24 N–H and O–H groups in total. The first-order valence-electron chi connectivity index (χ1n) is 29.7. The number of carbonyl (C=O) groups is 17. The van der Waals surface area contributed by atoms with Gasteiger partial charge in [-0.1, -0.05) is 64.1 Å². The number of nitrogens with one attached hydrogen (secondary N) is 11. The van der Waals surface area contributed by atoms with Crippen LogP contribution in [0.1, 0.15) is 63.5 Å². The number of rotatable bonds is 15. The number of amides is 15. The molecular weight excluding hydrogens is 1320 g/mol. The standard InChI is InChI=1S/C57H78N16O22S2/c1-25-56(93)73-14-6-9-39(73)54(91)68-34(18-41(60)78)52(89)71-38(57(94)95)24-97-96-23-30(58)46(83)65-33(17-40(59)77)50(87)67-36(20-44(81)82)53(90)72-45(26(2)75)55(92)69-35(19-42(61)79)51(88)66-32(16-28-10-12-29(76)13-11-28)49(86)70-37(22-74)47(84)62-21-43(80)64-31(48(85)63-25)15-27-7-4-3-5-8-27/h3-5,7-8,10-13,25-26,30-39,45,74-76H,6,9,14-24,58H2,1-2H3,(H2,59,77)(H2,60,78)(H2,61,79)(H,62,84)(H,63,85)(H,64,80)(H,65,83)(H,66,88)(H,67,87)(H,68,91)(H,69,92)(H,70,86)(H,71,89)(H,72,90)(H,81,82)(H,94,95)/t25-,26+,30-,31-,32-,33-,34-,35-,36-,37-,38-,39-,45+/m0/s1. The molecule has 0 saturated carbocycles. The van der Waals surface area contributed by atoms with Crippen molar-refractivity contribution in [2.45, 2.75) is 144 Å². The van der Waals surface area contributed by atoms with Crippen molar-refractivity contribution in [3.63, 3.8) is 0 Å². The topological polar surface area (TPSA) is 631 Å². The molecule has 2 fully saturated rings.